The molecule has 0 heterocycles. The van der Waals surface area contributed by atoms with Crippen LogP contribution in [-0.4, -0.2) is 67.9 Å². The third kappa shape index (κ3) is 8.77. The molecule has 0 unspecified atom stereocenters. The molecule has 0 rings (SSSR count). The molecule has 8 nitrogen and oxygen atoms in total. The van der Waals surface area contributed by atoms with Gasteiger partial charge in [0.15, 0.2) is 48.5 Å². The van der Waals surface area contributed by atoms with Gasteiger partial charge in [-0.2, -0.15) is 0 Å². The first-order valence-electron chi connectivity index (χ1n) is 7.23. The first-order chi connectivity index (χ1) is 10.5. The molecule has 0 amide bonds. The summed E-state index contributed by atoms with van der Waals surface area (Å²) in [6, 6.07) is 0. The molecule has 0 N–H and O–H groups in total. The highest BCUT2D eigenvalue weighted by molar-refractivity contribution is 8.08. The Morgan fingerprint density at radius 1 is 0.458 bits per heavy atom. The van der Waals surface area contributed by atoms with Crippen molar-refractivity contribution in [3.8, 4) is 0 Å². The lowest BCUT2D eigenvalue weighted by Crippen LogP contribution is -2.29. The molecule has 0 aromatic rings. The highest BCUT2D eigenvalue weighted by Gasteiger charge is 2.31. The number of sulfone groups is 4. The Balaban J connectivity index is 4.51. The molecular formula is C12H26O8S4. The van der Waals surface area contributed by atoms with Crippen LogP contribution in [-0.2, 0) is 39.3 Å². The fraction of sp³-hybridized carbons (Fsp3) is 1.00. The van der Waals surface area contributed by atoms with E-state index >= 15 is 0 Å². The Kier molecular flexibility index (Phi) is 8.38. The van der Waals surface area contributed by atoms with E-state index in [4.69, 9.17) is 0 Å². The third-order valence-corrected chi connectivity index (χ3v) is 12.5. The van der Waals surface area contributed by atoms with Crippen molar-refractivity contribution in [2.24, 2.45) is 0 Å². The maximum Gasteiger partial charge on any atom is 0.164 e. The number of hydrogen-bond acceptors (Lipinski definition) is 8. The zero-order valence-electron chi connectivity index (χ0n) is 14.3. The van der Waals surface area contributed by atoms with Crippen LogP contribution in [0.1, 0.15) is 38.5 Å². The molecule has 0 saturated carbocycles. The van der Waals surface area contributed by atoms with Crippen LogP contribution in [0.15, 0.2) is 0 Å². The van der Waals surface area contributed by atoms with E-state index in [2.05, 4.69) is 0 Å². The quantitative estimate of drug-likeness (QED) is 0.426. The van der Waals surface area contributed by atoms with Crippen LogP contribution < -0.4 is 0 Å². The Bertz CT molecular complexity index is 683. The van der Waals surface area contributed by atoms with E-state index in [0.717, 1.165) is 25.0 Å². The van der Waals surface area contributed by atoms with Crippen molar-refractivity contribution in [1.29, 1.82) is 0 Å². The van der Waals surface area contributed by atoms with Crippen LogP contribution in [0.3, 0.4) is 0 Å². The minimum atomic E-state index is -3.71. The molecule has 12 heteroatoms. The molecule has 0 bridgehead atoms. The van der Waals surface area contributed by atoms with Crippen LogP contribution in [0, 0.1) is 0 Å². The van der Waals surface area contributed by atoms with E-state index in [-0.39, 0.29) is 12.8 Å². The Morgan fingerprint density at radius 3 is 0.833 bits per heavy atom. The standard InChI is InChI=1S/C12H26O8S4/c1-21(13,14)11(22(2,15)16)9-7-5-6-8-10-12(23(3,17)18)24(4,19)20/h11-12H,5-10H2,1-4H3. The minimum absolute atomic E-state index is 0.0285. The summed E-state index contributed by atoms with van der Waals surface area (Å²) in [5, 5.41) is 0. The number of hydrogen-bond donors (Lipinski definition) is 0. The molecular weight excluding hydrogens is 400 g/mol. The summed E-state index contributed by atoms with van der Waals surface area (Å²) in [6.45, 7) is 0. The molecule has 0 aliphatic rings. The van der Waals surface area contributed by atoms with Gasteiger partial charge in [0.1, 0.15) is 0 Å². The SMILES string of the molecule is CS(=O)(=O)C(CCCCCCC(S(C)(=O)=O)S(C)(=O)=O)S(C)(=O)=O. The molecule has 0 fully saturated rings. The summed E-state index contributed by atoms with van der Waals surface area (Å²) < 4.78 is 89.1. The van der Waals surface area contributed by atoms with Crippen LogP contribution in [0.5, 0.6) is 0 Å². The lowest BCUT2D eigenvalue weighted by atomic mass is 10.1. The fourth-order valence-corrected chi connectivity index (χ4v) is 9.93. The lowest BCUT2D eigenvalue weighted by Gasteiger charge is -2.14. The number of unbranched alkanes of at least 4 members (excludes halogenated alkanes) is 3. The topological polar surface area (TPSA) is 137 Å². The Morgan fingerprint density at radius 2 is 0.667 bits per heavy atom. The van der Waals surface area contributed by atoms with Gasteiger partial charge in [0.2, 0.25) is 0 Å². The van der Waals surface area contributed by atoms with Crippen molar-refractivity contribution in [3.63, 3.8) is 0 Å². The van der Waals surface area contributed by atoms with Gasteiger partial charge < -0.3 is 0 Å². The van der Waals surface area contributed by atoms with Crippen LogP contribution >= 0.6 is 0 Å². The maximum atomic E-state index is 11.5. The van der Waals surface area contributed by atoms with E-state index in [1.165, 1.54) is 0 Å². The largest absolute Gasteiger partial charge is 0.228 e. The zero-order valence-corrected chi connectivity index (χ0v) is 17.6. The molecule has 0 radical (unpaired) electrons. The predicted octanol–water partition coefficient (Wildman–Crippen LogP) is 0.158. The van der Waals surface area contributed by atoms with Crippen LogP contribution in [0.25, 0.3) is 0 Å². The van der Waals surface area contributed by atoms with Crippen molar-refractivity contribution in [2.45, 2.75) is 47.7 Å². The lowest BCUT2D eigenvalue weighted by molar-refractivity contribution is 0.549. The van der Waals surface area contributed by atoms with Gasteiger partial charge in [-0.3, -0.25) is 0 Å². The molecule has 0 aliphatic heterocycles. The monoisotopic (exact) mass is 426 g/mol. The Labute approximate surface area is 145 Å². The molecule has 0 aliphatic carbocycles. The van der Waals surface area contributed by atoms with Crippen LogP contribution in [0.2, 0.25) is 0 Å². The van der Waals surface area contributed by atoms with Crippen LogP contribution in [0.4, 0.5) is 0 Å². The van der Waals surface area contributed by atoms with Gasteiger partial charge in [0.25, 0.3) is 0 Å². The van der Waals surface area contributed by atoms with Gasteiger partial charge in [-0.1, -0.05) is 25.7 Å². The van der Waals surface area contributed by atoms with Gasteiger partial charge in [-0.05, 0) is 12.8 Å². The molecule has 146 valence electrons. The molecule has 24 heavy (non-hydrogen) atoms. The smallest absolute Gasteiger partial charge is 0.164 e. The van der Waals surface area contributed by atoms with E-state index < -0.39 is 48.5 Å². The summed E-state index contributed by atoms with van der Waals surface area (Å²) in [5.74, 6) is 0. The van der Waals surface area contributed by atoms with Gasteiger partial charge in [-0.15, -0.1) is 0 Å². The predicted molar refractivity (Wildman–Crippen MR) is 94.7 cm³/mol. The van der Waals surface area contributed by atoms with Gasteiger partial charge in [0.05, 0.1) is 0 Å². The van der Waals surface area contributed by atoms with Crippen molar-refractivity contribution < 1.29 is 33.7 Å². The van der Waals surface area contributed by atoms with Crippen molar-refractivity contribution in [3.05, 3.63) is 0 Å². The number of rotatable bonds is 11. The van der Waals surface area contributed by atoms with E-state index in [1.54, 1.807) is 0 Å². The van der Waals surface area contributed by atoms with Gasteiger partial charge in [-0.25, -0.2) is 33.7 Å². The average molecular weight is 427 g/mol. The molecule has 0 aromatic carbocycles. The highest BCUT2D eigenvalue weighted by atomic mass is 32.3. The molecule has 0 atom stereocenters. The second-order valence-corrected chi connectivity index (χ2v) is 15.7. The molecule has 0 aromatic heterocycles. The van der Waals surface area contributed by atoms with E-state index in [9.17, 15) is 33.7 Å². The first kappa shape index (κ1) is 23.8. The first-order valence-corrected chi connectivity index (χ1v) is 15.0. The third-order valence-electron chi connectivity index (χ3n) is 3.54. The van der Waals surface area contributed by atoms with Gasteiger partial charge >= 0.3 is 0 Å². The van der Waals surface area contributed by atoms with Crippen molar-refractivity contribution in [2.75, 3.05) is 25.0 Å². The van der Waals surface area contributed by atoms with E-state index in [0.29, 0.717) is 25.7 Å². The van der Waals surface area contributed by atoms with Crippen molar-refractivity contribution in [1.82, 2.24) is 0 Å². The minimum Gasteiger partial charge on any atom is -0.228 e. The fourth-order valence-electron chi connectivity index (χ4n) is 2.47. The summed E-state index contributed by atoms with van der Waals surface area (Å²) in [5.41, 5.74) is 0. The summed E-state index contributed by atoms with van der Waals surface area (Å²) in [4.78, 5) is 0. The second-order valence-electron chi connectivity index (χ2n) is 6.17. The second kappa shape index (κ2) is 8.45. The van der Waals surface area contributed by atoms with Crippen molar-refractivity contribution >= 4 is 39.3 Å². The summed E-state index contributed by atoms with van der Waals surface area (Å²) in [6.07, 6.45) is 5.11. The normalized spacial score (nSPS) is 14.4. The highest BCUT2D eigenvalue weighted by Crippen LogP contribution is 2.19. The maximum absolute atomic E-state index is 11.5. The zero-order chi connectivity index (χ0) is 19.4. The summed E-state index contributed by atoms with van der Waals surface area (Å²) in [7, 11) is -14.9. The Hall–Kier alpha value is -0.200. The average Bonchev–Trinajstić information content (AvgIpc) is 2.25. The van der Waals surface area contributed by atoms with E-state index in [1.807, 2.05) is 0 Å². The summed E-state index contributed by atoms with van der Waals surface area (Å²) >= 11 is 0. The van der Waals surface area contributed by atoms with Gasteiger partial charge in [0, 0.05) is 25.0 Å². The molecule has 0 spiro atoms. The molecule has 0 saturated heterocycles.